The van der Waals surface area contributed by atoms with E-state index in [0.717, 1.165) is 5.56 Å². The van der Waals surface area contributed by atoms with Gasteiger partial charge < -0.3 is 39.1 Å². The van der Waals surface area contributed by atoms with Crippen LogP contribution in [0.3, 0.4) is 0 Å². The van der Waals surface area contributed by atoms with Crippen molar-refractivity contribution in [2.45, 2.75) is 45.1 Å². The van der Waals surface area contributed by atoms with Crippen LogP contribution in [0.25, 0.3) is 0 Å². The Morgan fingerprint density at radius 2 is 1.67 bits per heavy atom. The molecule has 2 amide bonds. The van der Waals surface area contributed by atoms with Gasteiger partial charge in [0.25, 0.3) is 5.91 Å². The van der Waals surface area contributed by atoms with Crippen molar-refractivity contribution in [1.82, 2.24) is 15.1 Å². The summed E-state index contributed by atoms with van der Waals surface area (Å²) in [6.07, 6.45) is -1.91. The molecule has 2 saturated heterocycles. The molecule has 12 heteroatoms. The van der Waals surface area contributed by atoms with Gasteiger partial charge >= 0.3 is 29.6 Å². The molecule has 1 aromatic carbocycles. The van der Waals surface area contributed by atoms with Crippen LogP contribution < -0.4 is 54.2 Å². The molecule has 194 valence electrons. The Morgan fingerprint density at radius 1 is 1.03 bits per heavy atom. The van der Waals surface area contributed by atoms with Crippen LogP contribution in [0.1, 0.15) is 25.8 Å². The number of nitrogens with one attached hydrogen (secondary N) is 1. The summed E-state index contributed by atoms with van der Waals surface area (Å²) in [5.41, 5.74) is 0.946. The maximum atomic E-state index is 13.2. The number of amides is 2. The van der Waals surface area contributed by atoms with E-state index in [-0.39, 0.29) is 41.4 Å². The summed E-state index contributed by atoms with van der Waals surface area (Å²) < 4.78 is 21.2. The van der Waals surface area contributed by atoms with Gasteiger partial charge in [-0.3, -0.25) is 14.5 Å². The van der Waals surface area contributed by atoms with Crippen LogP contribution in [0.15, 0.2) is 12.1 Å². The van der Waals surface area contributed by atoms with E-state index in [2.05, 4.69) is 10.2 Å². The number of nitrogens with zero attached hydrogens (tertiary/aromatic N) is 2. The fraction of sp³-hybridized carbons (Fsp3) is 0.625. The third kappa shape index (κ3) is 7.25. The minimum atomic E-state index is -1.43. The summed E-state index contributed by atoms with van der Waals surface area (Å²) in [6.45, 7) is 6.81. The molecule has 3 atom stereocenters. The fourth-order valence-electron chi connectivity index (χ4n) is 4.31. The van der Waals surface area contributed by atoms with Crippen molar-refractivity contribution in [3.63, 3.8) is 0 Å². The van der Waals surface area contributed by atoms with E-state index in [1.165, 1.54) is 0 Å². The fourth-order valence-corrected chi connectivity index (χ4v) is 4.31. The number of benzene rings is 1. The Balaban J connectivity index is 0.00000456. The van der Waals surface area contributed by atoms with E-state index < -0.39 is 30.1 Å². The summed E-state index contributed by atoms with van der Waals surface area (Å²) in [7, 11) is 4.72. The van der Waals surface area contributed by atoms with Crippen LogP contribution in [-0.4, -0.2) is 93.3 Å². The van der Waals surface area contributed by atoms with Crippen LogP contribution in [0.2, 0.25) is 0 Å². The normalized spacial score (nSPS) is 20.2. The van der Waals surface area contributed by atoms with E-state index in [4.69, 9.17) is 18.9 Å². The zero-order valence-electron chi connectivity index (χ0n) is 21.9. The summed E-state index contributed by atoms with van der Waals surface area (Å²) in [6, 6.07) is 3.03. The van der Waals surface area contributed by atoms with Gasteiger partial charge in [-0.15, -0.1) is 0 Å². The van der Waals surface area contributed by atoms with Gasteiger partial charge in [-0.05, 0) is 18.4 Å². The summed E-state index contributed by atoms with van der Waals surface area (Å²) in [5, 5.41) is 13.6. The molecule has 0 aromatic heterocycles. The van der Waals surface area contributed by atoms with Crippen LogP contribution in [0.4, 0.5) is 0 Å². The van der Waals surface area contributed by atoms with Crippen molar-refractivity contribution >= 4 is 17.8 Å². The predicted octanol–water partition coefficient (Wildman–Crippen LogP) is -3.59. The quantitative estimate of drug-likeness (QED) is 0.235. The van der Waals surface area contributed by atoms with Crippen molar-refractivity contribution in [2.24, 2.45) is 5.92 Å². The molecule has 3 rings (SSSR count). The summed E-state index contributed by atoms with van der Waals surface area (Å²) >= 11 is 0. The van der Waals surface area contributed by atoms with Crippen molar-refractivity contribution in [1.29, 1.82) is 0 Å². The number of methoxy groups -OCH3 is 3. The number of piperazine rings is 1. The first-order valence-electron chi connectivity index (χ1n) is 11.7. The maximum Gasteiger partial charge on any atom is 1.00 e. The van der Waals surface area contributed by atoms with Crippen LogP contribution in [0.5, 0.6) is 17.2 Å². The number of hydrogen-bond donors (Lipinski definition) is 1. The van der Waals surface area contributed by atoms with Crippen LogP contribution in [-0.2, 0) is 25.7 Å². The number of carbonyl (C=O) groups is 3. The van der Waals surface area contributed by atoms with Crippen molar-refractivity contribution < 1.29 is 68.0 Å². The van der Waals surface area contributed by atoms with Gasteiger partial charge in [0, 0.05) is 38.3 Å². The minimum absolute atomic E-state index is 0. The average molecular weight is 516 g/mol. The van der Waals surface area contributed by atoms with Gasteiger partial charge in [0.2, 0.25) is 11.7 Å². The first-order valence-corrected chi connectivity index (χ1v) is 11.7. The summed E-state index contributed by atoms with van der Waals surface area (Å²) in [4.78, 5) is 40.4. The Hall–Kier alpha value is -2.05. The Labute approximate surface area is 233 Å². The smallest absolute Gasteiger partial charge is 0.547 e. The maximum absolute atomic E-state index is 13.2. The van der Waals surface area contributed by atoms with E-state index in [1.54, 1.807) is 26.2 Å². The van der Waals surface area contributed by atoms with Crippen LogP contribution in [0, 0.1) is 5.92 Å². The molecule has 0 spiro atoms. The van der Waals surface area contributed by atoms with E-state index in [0.29, 0.717) is 56.4 Å². The number of carboxylic acids is 1. The number of carboxylic acid groups (broad SMARTS) is 1. The first-order chi connectivity index (χ1) is 16.7. The number of hydrogen-bond acceptors (Lipinski definition) is 9. The third-order valence-corrected chi connectivity index (χ3v) is 6.17. The van der Waals surface area contributed by atoms with E-state index >= 15 is 0 Å². The monoisotopic (exact) mass is 515 g/mol. The van der Waals surface area contributed by atoms with Gasteiger partial charge in [0.1, 0.15) is 12.1 Å². The Kier molecular flexibility index (Phi) is 11.3. The van der Waals surface area contributed by atoms with Gasteiger partial charge in [-0.2, -0.15) is 0 Å². The van der Waals surface area contributed by atoms with Crippen molar-refractivity contribution in [3.05, 3.63) is 17.7 Å². The molecule has 2 aliphatic heterocycles. The molecule has 36 heavy (non-hydrogen) atoms. The third-order valence-electron chi connectivity index (χ3n) is 6.17. The molecular formula is C24H34N3NaO8. The first kappa shape index (κ1) is 30.2. The Bertz CT molecular complexity index is 936. The van der Waals surface area contributed by atoms with Crippen molar-refractivity contribution in [3.8, 4) is 17.2 Å². The molecule has 11 nitrogen and oxygen atoms in total. The molecule has 1 aromatic rings. The molecule has 0 bridgehead atoms. The van der Waals surface area contributed by atoms with Crippen molar-refractivity contribution in [2.75, 3.05) is 47.5 Å². The topological polar surface area (TPSA) is 133 Å². The molecule has 0 aliphatic carbocycles. The molecule has 1 N–H and O–H groups in total. The minimum Gasteiger partial charge on any atom is -0.547 e. The zero-order valence-corrected chi connectivity index (χ0v) is 23.9. The van der Waals surface area contributed by atoms with Gasteiger partial charge in [0.15, 0.2) is 17.6 Å². The van der Waals surface area contributed by atoms with Crippen LogP contribution >= 0.6 is 0 Å². The summed E-state index contributed by atoms with van der Waals surface area (Å²) in [5.74, 6) is -0.321. The molecule has 2 fully saturated rings. The van der Waals surface area contributed by atoms with Gasteiger partial charge in [-0.25, -0.2) is 0 Å². The van der Waals surface area contributed by atoms with Gasteiger partial charge in [-0.1, -0.05) is 19.9 Å². The second kappa shape index (κ2) is 13.5. The van der Waals surface area contributed by atoms with Gasteiger partial charge in [0.05, 0.1) is 27.3 Å². The Morgan fingerprint density at radius 3 is 2.17 bits per heavy atom. The molecule has 1 unspecified atom stereocenters. The molecule has 0 saturated carbocycles. The van der Waals surface area contributed by atoms with E-state index in [9.17, 15) is 19.5 Å². The molecular weight excluding hydrogens is 481 g/mol. The molecule has 0 radical (unpaired) electrons. The molecule has 2 heterocycles. The van der Waals surface area contributed by atoms with E-state index in [1.807, 2.05) is 26.0 Å². The predicted molar refractivity (Wildman–Crippen MR) is 123 cm³/mol. The standard InChI is InChI=1S/C24H35N3O8.Na/c1-14(2)12-16(25-22(28)20-21(35-20)24(30)31)23(29)27-10-8-26(9-11-27)13-15-6-7-17(32-3)19(34-5)18(15)33-4;/h6-7,14,16,20-21H,8-13H2,1-5H3,(H,25,28)(H,30,31);/q;+1/p-1/t16?,20-,21-;/m1./s1. The largest absolute Gasteiger partial charge is 1.00 e. The number of epoxide rings is 1. The average Bonchev–Trinajstić information content (AvgIpc) is 3.64. The molecule has 2 aliphatic rings. The second-order valence-electron chi connectivity index (χ2n) is 9.08. The number of ether oxygens (including phenoxy) is 4. The second-order valence-corrected chi connectivity index (χ2v) is 9.08. The number of aliphatic carboxylic acids is 1. The number of rotatable bonds is 11. The number of carbonyl (C=O) groups excluding carboxylic acids is 3. The zero-order chi connectivity index (χ0) is 25.7. The SMILES string of the molecule is COc1ccc(CN2CCN(C(=O)C(CC(C)C)NC(=O)[C@@H]3O[C@H]3C(=O)[O-])CC2)c(OC)c1OC.[Na+].